The van der Waals surface area contributed by atoms with Gasteiger partial charge in [0.25, 0.3) is 5.91 Å². The summed E-state index contributed by atoms with van der Waals surface area (Å²) in [5, 5.41) is 12.4. The molecule has 8 heteroatoms. The molecule has 1 aliphatic heterocycles. The highest BCUT2D eigenvalue weighted by atomic mass is 32.1. The summed E-state index contributed by atoms with van der Waals surface area (Å²) in [6.07, 6.45) is 1.34. The molecule has 0 bridgehead atoms. The van der Waals surface area contributed by atoms with E-state index in [0.29, 0.717) is 22.5 Å². The maximum absolute atomic E-state index is 12.5. The summed E-state index contributed by atoms with van der Waals surface area (Å²) in [4.78, 5) is 26.3. The van der Waals surface area contributed by atoms with Gasteiger partial charge in [-0.05, 0) is 31.9 Å². The predicted molar refractivity (Wildman–Crippen MR) is 101 cm³/mol. The first-order chi connectivity index (χ1) is 12.5. The van der Waals surface area contributed by atoms with E-state index in [9.17, 15) is 9.59 Å². The van der Waals surface area contributed by atoms with Crippen LogP contribution in [0.3, 0.4) is 0 Å². The van der Waals surface area contributed by atoms with Crippen molar-refractivity contribution in [2.24, 2.45) is 0 Å². The normalized spacial score (nSPS) is 16.4. The number of para-hydroxylation sites is 2. The Kier molecular flexibility index (Phi) is 5.51. The summed E-state index contributed by atoms with van der Waals surface area (Å²) in [5.74, 6) is 0.398. The lowest BCUT2D eigenvalue weighted by Gasteiger charge is -2.32. The van der Waals surface area contributed by atoms with Gasteiger partial charge in [0, 0.05) is 5.92 Å². The third-order valence-electron chi connectivity index (χ3n) is 4.40. The number of anilines is 2. The molecule has 2 heterocycles. The molecule has 0 saturated carbocycles. The van der Waals surface area contributed by atoms with E-state index in [0.717, 1.165) is 17.8 Å². The molecule has 3 rings (SSSR count). The fraction of sp³-hybridized carbons (Fsp3) is 0.444. The molecule has 0 radical (unpaired) electrons. The van der Waals surface area contributed by atoms with Crippen LogP contribution in [0, 0.1) is 0 Å². The summed E-state index contributed by atoms with van der Waals surface area (Å²) in [5.41, 5.74) is 0.598. The zero-order chi connectivity index (χ0) is 18.7. The number of benzene rings is 1. The first-order valence-electron chi connectivity index (χ1n) is 8.73. The predicted octanol–water partition coefficient (Wildman–Crippen LogP) is 3.19. The van der Waals surface area contributed by atoms with Gasteiger partial charge < -0.3 is 4.74 Å². The molecule has 1 aromatic carbocycles. The minimum Gasteiger partial charge on any atom is -0.479 e. The Morgan fingerprint density at radius 1 is 1.31 bits per heavy atom. The third kappa shape index (κ3) is 3.70. The molecule has 1 atom stereocenters. The van der Waals surface area contributed by atoms with Gasteiger partial charge in [0.2, 0.25) is 11.0 Å². The molecule has 2 aromatic rings. The molecule has 1 N–H and O–H groups in total. The molecule has 0 fully saturated rings. The van der Waals surface area contributed by atoms with Crippen LogP contribution < -0.4 is 15.0 Å². The van der Waals surface area contributed by atoms with Crippen LogP contribution in [0.25, 0.3) is 0 Å². The lowest BCUT2D eigenvalue weighted by atomic mass is 10.1. The number of rotatable bonds is 6. The van der Waals surface area contributed by atoms with Crippen LogP contribution in [-0.2, 0) is 9.59 Å². The summed E-state index contributed by atoms with van der Waals surface area (Å²) in [6.45, 7) is 5.80. The molecule has 0 saturated heterocycles. The van der Waals surface area contributed by atoms with E-state index in [1.54, 1.807) is 19.1 Å². The van der Waals surface area contributed by atoms with Crippen LogP contribution in [-0.4, -0.2) is 34.7 Å². The fourth-order valence-corrected chi connectivity index (χ4v) is 3.94. The van der Waals surface area contributed by atoms with Crippen LogP contribution in [0.15, 0.2) is 24.3 Å². The first kappa shape index (κ1) is 18.3. The molecule has 0 spiro atoms. The van der Waals surface area contributed by atoms with Crippen LogP contribution in [0.4, 0.5) is 10.8 Å². The minimum atomic E-state index is -0.624. The number of hydrogen-bond donors (Lipinski definition) is 1. The Morgan fingerprint density at radius 2 is 2.04 bits per heavy atom. The topological polar surface area (TPSA) is 84.4 Å². The third-order valence-corrected chi connectivity index (χ3v) is 5.40. The molecular formula is C18H22N4O3S. The summed E-state index contributed by atoms with van der Waals surface area (Å²) < 4.78 is 5.59. The van der Waals surface area contributed by atoms with Gasteiger partial charge in [0.1, 0.15) is 17.3 Å². The van der Waals surface area contributed by atoms with Gasteiger partial charge in [0.05, 0.1) is 5.69 Å². The maximum atomic E-state index is 12.5. The van der Waals surface area contributed by atoms with Crippen LogP contribution >= 0.6 is 11.3 Å². The smallest absolute Gasteiger partial charge is 0.268 e. The lowest BCUT2D eigenvalue weighted by Crippen LogP contribution is -2.47. The van der Waals surface area contributed by atoms with Crippen molar-refractivity contribution in [3.8, 4) is 5.75 Å². The molecule has 1 unspecified atom stereocenters. The minimum absolute atomic E-state index is 0.0938. The standard InChI is InChI=1S/C18H22N4O3S/c1-4-12(5-2)16-20-21-18(26-16)19-15(23)10-22-13-8-6-7-9-14(13)25-11(3)17(22)24/h6-9,11-12H,4-5,10H2,1-3H3,(H,19,21,23). The molecule has 2 amide bonds. The zero-order valence-electron chi connectivity index (χ0n) is 15.1. The average Bonchev–Trinajstić information content (AvgIpc) is 3.08. The number of nitrogens with zero attached hydrogens (tertiary/aromatic N) is 3. The second-order valence-electron chi connectivity index (χ2n) is 6.16. The maximum Gasteiger partial charge on any atom is 0.268 e. The van der Waals surface area contributed by atoms with Gasteiger partial charge in [-0.25, -0.2) is 0 Å². The van der Waals surface area contributed by atoms with Crippen molar-refractivity contribution in [1.29, 1.82) is 0 Å². The van der Waals surface area contributed by atoms with E-state index in [2.05, 4.69) is 29.4 Å². The van der Waals surface area contributed by atoms with Crippen molar-refractivity contribution in [2.75, 3.05) is 16.8 Å². The van der Waals surface area contributed by atoms with Gasteiger partial charge >= 0.3 is 0 Å². The van der Waals surface area contributed by atoms with E-state index in [4.69, 9.17) is 4.74 Å². The van der Waals surface area contributed by atoms with E-state index in [1.165, 1.54) is 16.2 Å². The van der Waals surface area contributed by atoms with Crippen molar-refractivity contribution >= 4 is 34.0 Å². The first-order valence-corrected chi connectivity index (χ1v) is 9.55. The summed E-state index contributed by atoms with van der Waals surface area (Å²) in [7, 11) is 0. The number of ether oxygens (including phenoxy) is 1. The lowest BCUT2D eigenvalue weighted by molar-refractivity contribution is -0.127. The van der Waals surface area contributed by atoms with E-state index >= 15 is 0 Å². The van der Waals surface area contributed by atoms with Crippen molar-refractivity contribution in [2.45, 2.75) is 45.6 Å². The van der Waals surface area contributed by atoms with Gasteiger partial charge in [0.15, 0.2) is 6.10 Å². The molecule has 7 nitrogen and oxygen atoms in total. The summed E-state index contributed by atoms with van der Waals surface area (Å²) in [6, 6.07) is 7.20. The molecule has 138 valence electrons. The van der Waals surface area contributed by atoms with E-state index in [-0.39, 0.29) is 18.4 Å². The summed E-state index contributed by atoms with van der Waals surface area (Å²) >= 11 is 1.39. The van der Waals surface area contributed by atoms with Gasteiger partial charge in [-0.1, -0.05) is 37.3 Å². The molecular weight excluding hydrogens is 352 g/mol. The second-order valence-corrected chi connectivity index (χ2v) is 7.17. The Labute approximate surface area is 156 Å². The number of aromatic nitrogens is 2. The van der Waals surface area contributed by atoms with Crippen molar-refractivity contribution in [3.63, 3.8) is 0 Å². The highest BCUT2D eigenvalue weighted by molar-refractivity contribution is 7.15. The second kappa shape index (κ2) is 7.82. The van der Waals surface area contributed by atoms with Crippen LogP contribution in [0.5, 0.6) is 5.75 Å². The van der Waals surface area contributed by atoms with Crippen molar-refractivity contribution in [3.05, 3.63) is 29.3 Å². The number of nitrogens with one attached hydrogen (secondary N) is 1. The quantitative estimate of drug-likeness (QED) is 0.839. The Balaban J connectivity index is 1.71. The van der Waals surface area contributed by atoms with Gasteiger partial charge in [-0.15, -0.1) is 10.2 Å². The Bertz CT molecular complexity index is 803. The zero-order valence-corrected chi connectivity index (χ0v) is 15.9. The highest BCUT2D eigenvalue weighted by Gasteiger charge is 2.32. The van der Waals surface area contributed by atoms with Crippen molar-refractivity contribution < 1.29 is 14.3 Å². The van der Waals surface area contributed by atoms with Crippen LogP contribution in [0.1, 0.15) is 44.5 Å². The van der Waals surface area contributed by atoms with Crippen LogP contribution in [0.2, 0.25) is 0 Å². The molecule has 1 aliphatic rings. The molecule has 1 aromatic heterocycles. The number of carbonyl (C=O) groups excluding carboxylic acids is 2. The highest BCUT2D eigenvalue weighted by Crippen LogP contribution is 2.33. The number of hydrogen-bond acceptors (Lipinski definition) is 6. The number of carbonyl (C=O) groups is 2. The van der Waals surface area contributed by atoms with E-state index in [1.807, 2.05) is 12.1 Å². The Morgan fingerprint density at radius 3 is 2.77 bits per heavy atom. The fourth-order valence-electron chi connectivity index (χ4n) is 2.91. The van der Waals surface area contributed by atoms with Crippen molar-refractivity contribution in [1.82, 2.24) is 10.2 Å². The Hall–Kier alpha value is -2.48. The molecule has 26 heavy (non-hydrogen) atoms. The SMILES string of the molecule is CCC(CC)c1nnc(NC(=O)CN2C(=O)C(C)Oc3ccccc32)s1. The largest absolute Gasteiger partial charge is 0.479 e. The molecule has 0 aliphatic carbocycles. The monoisotopic (exact) mass is 374 g/mol. The number of amides is 2. The van der Waals surface area contributed by atoms with Gasteiger partial charge in [-0.2, -0.15) is 0 Å². The van der Waals surface area contributed by atoms with Gasteiger partial charge in [-0.3, -0.25) is 19.8 Å². The number of fused-ring (bicyclic) bond motifs is 1. The average molecular weight is 374 g/mol. The van der Waals surface area contributed by atoms with E-state index < -0.39 is 6.10 Å².